The summed E-state index contributed by atoms with van der Waals surface area (Å²) in [5.74, 6) is 1.79. The standard InChI is InChI=1S/C10H17N5S/c1-8-13-9(15-14-8)16-6-4-3-5-10(2,12)7-11/h3-6,12H2,1-2H3,(H,13,14,15). The molecule has 0 aliphatic heterocycles. The first-order valence-electron chi connectivity index (χ1n) is 5.25. The summed E-state index contributed by atoms with van der Waals surface area (Å²) in [5.41, 5.74) is 5.03. The Balaban J connectivity index is 2.11. The van der Waals surface area contributed by atoms with Gasteiger partial charge in [-0.3, -0.25) is 5.10 Å². The second-order valence-corrected chi connectivity index (χ2v) is 5.10. The molecule has 0 amide bonds. The maximum Gasteiger partial charge on any atom is 0.208 e. The van der Waals surface area contributed by atoms with Gasteiger partial charge in [0.2, 0.25) is 5.16 Å². The Labute approximate surface area is 99.8 Å². The highest BCUT2D eigenvalue weighted by Gasteiger charge is 2.15. The molecule has 3 N–H and O–H groups in total. The number of thioether (sulfide) groups is 1. The van der Waals surface area contributed by atoms with Gasteiger partial charge in [-0.1, -0.05) is 11.8 Å². The van der Waals surface area contributed by atoms with Crippen molar-refractivity contribution in [1.82, 2.24) is 15.2 Å². The summed E-state index contributed by atoms with van der Waals surface area (Å²) in [7, 11) is 0. The molecular formula is C10H17N5S. The molecule has 0 radical (unpaired) electrons. The number of nitrogens with zero attached hydrogens (tertiary/aromatic N) is 3. The van der Waals surface area contributed by atoms with Crippen LogP contribution in [0, 0.1) is 18.3 Å². The van der Waals surface area contributed by atoms with E-state index in [2.05, 4.69) is 21.3 Å². The van der Waals surface area contributed by atoms with Crippen molar-refractivity contribution in [3.8, 4) is 6.07 Å². The Hall–Kier alpha value is -1.06. The van der Waals surface area contributed by atoms with Crippen LogP contribution >= 0.6 is 11.8 Å². The smallest absolute Gasteiger partial charge is 0.208 e. The van der Waals surface area contributed by atoms with Crippen LogP contribution in [0.1, 0.15) is 32.0 Å². The number of hydrogen-bond acceptors (Lipinski definition) is 5. The zero-order chi connectivity index (χ0) is 12.0. The largest absolute Gasteiger partial charge is 0.314 e. The number of hydrogen-bond donors (Lipinski definition) is 2. The molecule has 0 aliphatic rings. The van der Waals surface area contributed by atoms with Gasteiger partial charge < -0.3 is 5.73 Å². The van der Waals surface area contributed by atoms with Gasteiger partial charge in [0.15, 0.2) is 0 Å². The Morgan fingerprint density at radius 2 is 2.31 bits per heavy atom. The van der Waals surface area contributed by atoms with Crippen molar-refractivity contribution in [2.24, 2.45) is 5.73 Å². The van der Waals surface area contributed by atoms with Crippen LogP contribution in [0.25, 0.3) is 0 Å². The molecule has 16 heavy (non-hydrogen) atoms. The molecular weight excluding hydrogens is 222 g/mol. The maximum absolute atomic E-state index is 8.73. The first kappa shape index (κ1) is 13.0. The van der Waals surface area contributed by atoms with Crippen LogP contribution in [-0.4, -0.2) is 26.5 Å². The molecule has 1 aromatic heterocycles. The van der Waals surface area contributed by atoms with Crippen molar-refractivity contribution >= 4 is 11.8 Å². The summed E-state index contributed by atoms with van der Waals surface area (Å²) in [6, 6.07) is 2.09. The van der Waals surface area contributed by atoms with Crippen molar-refractivity contribution in [3.05, 3.63) is 5.82 Å². The van der Waals surface area contributed by atoms with Gasteiger partial charge in [0.05, 0.1) is 6.07 Å². The third-order valence-corrected chi connectivity index (χ3v) is 3.09. The van der Waals surface area contributed by atoms with Crippen molar-refractivity contribution in [3.63, 3.8) is 0 Å². The van der Waals surface area contributed by atoms with E-state index in [0.29, 0.717) is 0 Å². The summed E-state index contributed by atoms with van der Waals surface area (Å²) < 4.78 is 0. The molecule has 0 aliphatic carbocycles. The topological polar surface area (TPSA) is 91.4 Å². The first-order chi connectivity index (χ1) is 7.53. The summed E-state index contributed by atoms with van der Waals surface area (Å²) >= 11 is 1.62. The molecule has 0 saturated heterocycles. The SMILES string of the molecule is Cc1nc(SCCCCC(C)(N)C#N)n[nH]1. The van der Waals surface area contributed by atoms with Gasteiger partial charge in [-0.15, -0.1) is 5.10 Å². The zero-order valence-corrected chi connectivity index (χ0v) is 10.5. The predicted octanol–water partition coefficient (Wildman–Crippen LogP) is 1.62. The molecule has 6 heteroatoms. The number of rotatable bonds is 6. The van der Waals surface area contributed by atoms with E-state index in [1.54, 1.807) is 18.7 Å². The fraction of sp³-hybridized carbons (Fsp3) is 0.700. The van der Waals surface area contributed by atoms with Gasteiger partial charge in [0.1, 0.15) is 11.4 Å². The van der Waals surface area contributed by atoms with Gasteiger partial charge >= 0.3 is 0 Å². The molecule has 0 fully saturated rings. The van der Waals surface area contributed by atoms with Gasteiger partial charge in [-0.05, 0) is 33.1 Å². The van der Waals surface area contributed by atoms with Gasteiger partial charge in [-0.2, -0.15) is 5.26 Å². The molecule has 0 bridgehead atoms. The number of nitrogens with one attached hydrogen (secondary N) is 1. The third-order valence-electron chi connectivity index (χ3n) is 2.15. The van der Waals surface area contributed by atoms with Crippen LogP contribution < -0.4 is 5.73 Å². The highest BCUT2D eigenvalue weighted by Crippen LogP contribution is 2.16. The Morgan fingerprint density at radius 3 is 2.88 bits per heavy atom. The number of H-pyrrole nitrogens is 1. The highest BCUT2D eigenvalue weighted by molar-refractivity contribution is 7.99. The van der Waals surface area contributed by atoms with Gasteiger partial charge in [0.25, 0.3) is 0 Å². The van der Waals surface area contributed by atoms with E-state index in [9.17, 15) is 0 Å². The van der Waals surface area contributed by atoms with Crippen LogP contribution in [0.15, 0.2) is 5.16 Å². The molecule has 0 spiro atoms. The molecule has 1 rings (SSSR count). The minimum atomic E-state index is -0.689. The minimum Gasteiger partial charge on any atom is -0.314 e. The van der Waals surface area contributed by atoms with E-state index in [1.165, 1.54) is 0 Å². The van der Waals surface area contributed by atoms with E-state index in [1.807, 2.05) is 6.92 Å². The fourth-order valence-electron chi connectivity index (χ4n) is 1.20. The van der Waals surface area contributed by atoms with Gasteiger partial charge in [0, 0.05) is 5.75 Å². The zero-order valence-electron chi connectivity index (χ0n) is 9.66. The van der Waals surface area contributed by atoms with Crippen LogP contribution in [0.3, 0.4) is 0 Å². The Kier molecular flexibility index (Phi) is 4.77. The highest BCUT2D eigenvalue weighted by atomic mass is 32.2. The quantitative estimate of drug-likeness (QED) is 0.581. The maximum atomic E-state index is 8.73. The summed E-state index contributed by atoms with van der Waals surface area (Å²) in [6.07, 6.45) is 2.71. The average molecular weight is 239 g/mol. The second-order valence-electron chi connectivity index (χ2n) is 4.04. The lowest BCUT2D eigenvalue weighted by Crippen LogP contribution is -2.33. The predicted molar refractivity (Wildman–Crippen MR) is 63.9 cm³/mol. The number of unbranched alkanes of at least 4 members (excludes halogenated alkanes) is 1. The van der Waals surface area contributed by atoms with Crippen LogP contribution in [-0.2, 0) is 0 Å². The number of aromatic amines is 1. The van der Waals surface area contributed by atoms with Gasteiger partial charge in [-0.25, -0.2) is 4.98 Å². The lowest BCUT2D eigenvalue weighted by molar-refractivity contribution is 0.519. The molecule has 1 atom stereocenters. The molecule has 1 aromatic rings. The molecule has 88 valence electrons. The second kappa shape index (κ2) is 5.87. The number of nitriles is 1. The third kappa shape index (κ3) is 4.64. The fourth-order valence-corrected chi connectivity index (χ4v) is 2.04. The number of aryl methyl sites for hydroxylation is 1. The number of aromatic nitrogens is 3. The normalized spacial score (nSPS) is 14.4. The minimum absolute atomic E-state index is 0.689. The van der Waals surface area contributed by atoms with E-state index >= 15 is 0 Å². The molecule has 1 heterocycles. The van der Waals surface area contributed by atoms with Crippen molar-refractivity contribution in [2.75, 3.05) is 5.75 Å². The summed E-state index contributed by atoms with van der Waals surface area (Å²) in [4.78, 5) is 4.19. The van der Waals surface area contributed by atoms with E-state index in [4.69, 9.17) is 11.0 Å². The molecule has 0 aromatic carbocycles. The summed E-state index contributed by atoms with van der Waals surface area (Å²) in [6.45, 7) is 3.64. The van der Waals surface area contributed by atoms with E-state index < -0.39 is 5.54 Å². The molecule has 5 nitrogen and oxygen atoms in total. The van der Waals surface area contributed by atoms with E-state index in [-0.39, 0.29) is 0 Å². The average Bonchev–Trinajstić information content (AvgIpc) is 2.64. The Morgan fingerprint density at radius 1 is 1.56 bits per heavy atom. The lowest BCUT2D eigenvalue weighted by Gasteiger charge is -2.13. The number of nitrogens with two attached hydrogens (primary N) is 1. The van der Waals surface area contributed by atoms with E-state index in [0.717, 1.165) is 36.0 Å². The van der Waals surface area contributed by atoms with Crippen LogP contribution in [0.5, 0.6) is 0 Å². The van der Waals surface area contributed by atoms with Crippen molar-refractivity contribution in [2.45, 2.75) is 43.8 Å². The molecule has 0 saturated carbocycles. The Bertz CT molecular complexity index is 366. The molecule has 1 unspecified atom stereocenters. The van der Waals surface area contributed by atoms with Crippen LogP contribution in [0.4, 0.5) is 0 Å². The van der Waals surface area contributed by atoms with Crippen molar-refractivity contribution in [1.29, 1.82) is 5.26 Å². The monoisotopic (exact) mass is 239 g/mol. The summed E-state index contributed by atoms with van der Waals surface area (Å²) in [5, 5.41) is 16.3. The first-order valence-corrected chi connectivity index (χ1v) is 6.24. The van der Waals surface area contributed by atoms with Crippen molar-refractivity contribution < 1.29 is 0 Å². The van der Waals surface area contributed by atoms with Crippen LogP contribution in [0.2, 0.25) is 0 Å². The lowest BCUT2D eigenvalue weighted by atomic mass is 9.99.